The van der Waals surface area contributed by atoms with Crippen LogP contribution >= 0.6 is 0 Å². The standard InChI is InChI=1S/C18H29NO3/c1-14-6-8-16(9-7-14)15(2)19(3)11-17(20)12-21-13-18-5-4-10-22-18/h6-9,15,17-18,20H,4-5,10-13H2,1-3H3. The normalized spacial score (nSPS) is 21.2. The molecule has 124 valence electrons. The zero-order chi connectivity index (χ0) is 15.9. The second kappa shape index (κ2) is 8.63. The number of aryl methyl sites for hydroxylation is 1. The number of likely N-dealkylation sites (N-methyl/N-ethyl adjacent to an activating group) is 1. The molecule has 3 atom stereocenters. The maximum Gasteiger partial charge on any atom is 0.0900 e. The van der Waals surface area contributed by atoms with Crippen molar-refractivity contribution in [3.8, 4) is 0 Å². The molecule has 3 unspecified atom stereocenters. The van der Waals surface area contributed by atoms with E-state index in [2.05, 4.69) is 43.0 Å². The molecule has 4 heteroatoms. The number of nitrogens with zero attached hydrogens (tertiary/aromatic N) is 1. The Labute approximate surface area is 134 Å². The van der Waals surface area contributed by atoms with Gasteiger partial charge in [-0.1, -0.05) is 29.8 Å². The molecular weight excluding hydrogens is 278 g/mol. The first-order chi connectivity index (χ1) is 10.6. The van der Waals surface area contributed by atoms with Gasteiger partial charge in [-0.2, -0.15) is 0 Å². The molecule has 0 saturated carbocycles. The van der Waals surface area contributed by atoms with Crippen molar-refractivity contribution < 1.29 is 14.6 Å². The van der Waals surface area contributed by atoms with Crippen LogP contribution in [0.25, 0.3) is 0 Å². The predicted octanol–water partition coefficient (Wildman–Crippen LogP) is 2.54. The topological polar surface area (TPSA) is 41.9 Å². The predicted molar refractivity (Wildman–Crippen MR) is 88.0 cm³/mol. The number of aliphatic hydroxyl groups excluding tert-OH is 1. The van der Waals surface area contributed by atoms with E-state index in [1.165, 1.54) is 11.1 Å². The highest BCUT2D eigenvalue weighted by atomic mass is 16.5. The summed E-state index contributed by atoms with van der Waals surface area (Å²) in [6.07, 6.45) is 1.93. The number of hydrogen-bond donors (Lipinski definition) is 1. The molecule has 0 spiro atoms. The van der Waals surface area contributed by atoms with Crippen LogP contribution in [-0.4, -0.2) is 55.6 Å². The first-order valence-electron chi connectivity index (χ1n) is 8.20. The molecule has 4 nitrogen and oxygen atoms in total. The Bertz CT molecular complexity index is 428. The van der Waals surface area contributed by atoms with Crippen LogP contribution in [0.4, 0.5) is 0 Å². The van der Waals surface area contributed by atoms with Crippen LogP contribution in [0.5, 0.6) is 0 Å². The lowest BCUT2D eigenvalue weighted by atomic mass is 10.1. The maximum atomic E-state index is 10.1. The van der Waals surface area contributed by atoms with Gasteiger partial charge in [-0.05, 0) is 39.3 Å². The number of rotatable bonds is 8. The Morgan fingerprint density at radius 1 is 1.36 bits per heavy atom. The van der Waals surface area contributed by atoms with Gasteiger partial charge in [-0.25, -0.2) is 0 Å². The molecule has 1 aromatic carbocycles. The van der Waals surface area contributed by atoms with Gasteiger partial charge in [0.1, 0.15) is 0 Å². The monoisotopic (exact) mass is 307 g/mol. The van der Waals surface area contributed by atoms with Gasteiger partial charge in [0, 0.05) is 19.2 Å². The lowest BCUT2D eigenvalue weighted by Gasteiger charge is -2.27. The van der Waals surface area contributed by atoms with Crippen LogP contribution in [0.15, 0.2) is 24.3 Å². The van der Waals surface area contributed by atoms with Gasteiger partial charge >= 0.3 is 0 Å². The van der Waals surface area contributed by atoms with Crippen LogP contribution in [0.3, 0.4) is 0 Å². The molecule has 22 heavy (non-hydrogen) atoms. The minimum atomic E-state index is -0.473. The van der Waals surface area contributed by atoms with E-state index in [0.29, 0.717) is 19.8 Å². The number of ether oxygens (including phenoxy) is 2. The highest BCUT2D eigenvalue weighted by Crippen LogP contribution is 2.19. The highest BCUT2D eigenvalue weighted by Gasteiger charge is 2.18. The summed E-state index contributed by atoms with van der Waals surface area (Å²) >= 11 is 0. The van der Waals surface area contributed by atoms with Crippen molar-refractivity contribution in [2.24, 2.45) is 0 Å². The third-order valence-corrected chi connectivity index (χ3v) is 4.36. The maximum absolute atomic E-state index is 10.1. The summed E-state index contributed by atoms with van der Waals surface area (Å²) in [5, 5.41) is 10.1. The third-order valence-electron chi connectivity index (χ3n) is 4.36. The summed E-state index contributed by atoms with van der Waals surface area (Å²) in [5.74, 6) is 0. The molecule has 0 bridgehead atoms. The van der Waals surface area contributed by atoms with Crippen LogP contribution in [0, 0.1) is 6.92 Å². The summed E-state index contributed by atoms with van der Waals surface area (Å²) in [7, 11) is 2.04. The summed E-state index contributed by atoms with van der Waals surface area (Å²) in [6, 6.07) is 8.82. The fourth-order valence-corrected chi connectivity index (χ4v) is 2.75. The second-order valence-corrected chi connectivity index (χ2v) is 6.35. The quantitative estimate of drug-likeness (QED) is 0.801. The Kier molecular flexibility index (Phi) is 6.83. The van der Waals surface area contributed by atoms with Crippen LogP contribution < -0.4 is 0 Å². The van der Waals surface area contributed by atoms with Gasteiger partial charge in [0.2, 0.25) is 0 Å². The molecule has 1 fully saturated rings. The summed E-state index contributed by atoms with van der Waals surface area (Å²) < 4.78 is 11.1. The zero-order valence-electron chi connectivity index (χ0n) is 14.0. The van der Waals surface area contributed by atoms with Crippen molar-refractivity contribution in [3.05, 3.63) is 35.4 Å². The zero-order valence-corrected chi connectivity index (χ0v) is 14.0. The molecule has 0 radical (unpaired) electrons. The number of hydrogen-bond acceptors (Lipinski definition) is 4. The number of aliphatic hydroxyl groups is 1. The van der Waals surface area contributed by atoms with E-state index >= 15 is 0 Å². The van der Waals surface area contributed by atoms with Crippen molar-refractivity contribution in [2.45, 2.75) is 44.9 Å². The van der Waals surface area contributed by atoms with E-state index in [1.807, 2.05) is 7.05 Å². The third kappa shape index (κ3) is 5.36. The second-order valence-electron chi connectivity index (χ2n) is 6.35. The van der Waals surface area contributed by atoms with Crippen molar-refractivity contribution in [3.63, 3.8) is 0 Å². The highest BCUT2D eigenvalue weighted by molar-refractivity contribution is 5.23. The molecular formula is C18H29NO3. The fraction of sp³-hybridized carbons (Fsp3) is 0.667. The Morgan fingerprint density at radius 3 is 2.73 bits per heavy atom. The van der Waals surface area contributed by atoms with Crippen molar-refractivity contribution in [1.82, 2.24) is 4.90 Å². The van der Waals surface area contributed by atoms with Gasteiger partial charge in [0.25, 0.3) is 0 Å². The average molecular weight is 307 g/mol. The smallest absolute Gasteiger partial charge is 0.0900 e. The largest absolute Gasteiger partial charge is 0.389 e. The van der Waals surface area contributed by atoms with Gasteiger partial charge in [0.05, 0.1) is 25.4 Å². The van der Waals surface area contributed by atoms with E-state index in [4.69, 9.17) is 9.47 Å². The van der Waals surface area contributed by atoms with E-state index in [9.17, 15) is 5.11 Å². The van der Waals surface area contributed by atoms with Gasteiger partial charge in [-0.3, -0.25) is 4.90 Å². The molecule has 0 aliphatic carbocycles. The molecule has 1 aliphatic heterocycles. The minimum absolute atomic E-state index is 0.219. The molecule has 2 rings (SSSR count). The molecule has 1 heterocycles. The Balaban J connectivity index is 1.70. The molecule has 1 aromatic rings. The number of benzene rings is 1. The van der Waals surface area contributed by atoms with Crippen molar-refractivity contribution in [2.75, 3.05) is 33.4 Å². The van der Waals surface area contributed by atoms with Crippen LogP contribution in [0.2, 0.25) is 0 Å². The summed E-state index contributed by atoms with van der Waals surface area (Å²) in [6.45, 7) is 6.64. The molecule has 1 aliphatic rings. The lowest BCUT2D eigenvalue weighted by molar-refractivity contribution is -0.0257. The first-order valence-corrected chi connectivity index (χ1v) is 8.20. The molecule has 0 aromatic heterocycles. The Hall–Kier alpha value is -0.940. The van der Waals surface area contributed by atoms with Gasteiger partial charge < -0.3 is 14.6 Å². The van der Waals surface area contributed by atoms with Crippen molar-refractivity contribution >= 4 is 0 Å². The van der Waals surface area contributed by atoms with Crippen LogP contribution in [-0.2, 0) is 9.47 Å². The van der Waals surface area contributed by atoms with Crippen LogP contribution in [0.1, 0.15) is 36.9 Å². The van der Waals surface area contributed by atoms with E-state index in [0.717, 1.165) is 19.4 Å². The summed E-state index contributed by atoms with van der Waals surface area (Å²) in [4.78, 5) is 2.16. The first kappa shape index (κ1) is 17.4. The molecule has 1 N–H and O–H groups in total. The van der Waals surface area contributed by atoms with E-state index in [1.54, 1.807) is 0 Å². The lowest BCUT2D eigenvalue weighted by Crippen LogP contribution is -2.34. The SMILES string of the molecule is Cc1ccc(C(C)N(C)CC(O)COCC2CCCO2)cc1. The molecule has 0 amide bonds. The average Bonchev–Trinajstić information content (AvgIpc) is 3.00. The van der Waals surface area contributed by atoms with Gasteiger partial charge in [0.15, 0.2) is 0 Å². The van der Waals surface area contributed by atoms with E-state index < -0.39 is 6.10 Å². The van der Waals surface area contributed by atoms with E-state index in [-0.39, 0.29) is 12.1 Å². The minimum Gasteiger partial charge on any atom is -0.389 e. The van der Waals surface area contributed by atoms with Crippen molar-refractivity contribution in [1.29, 1.82) is 0 Å². The summed E-state index contributed by atoms with van der Waals surface area (Å²) in [5.41, 5.74) is 2.53. The molecule has 1 saturated heterocycles. The van der Waals surface area contributed by atoms with Gasteiger partial charge in [-0.15, -0.1) is 0 Å². The fourth-order valence-electron chi connectivity index (χ4n) is 2.75. The Morgan fingerprint density at radius 2 is 2.09 bits per heavy atom.